The van der Waals surface area contributed by atoms with Gasteiger partial charge in [0.15, 0.2) is 0 Å². The second kappa shape index (κ2) is 4.26. The number of anilines is 2. The van der Waals surface area contributed by atoms with Crippen molar-refractivity contribution in [1.29, 1.82) is 0 Å². The third-order valence-electron chi connectivity index (χ3n) is 4.73. The van der Waals surface area contributed by atoms with E-state index >= 15 is 0 Å². The van der Waals surface area contributed by atoms with E-state index in [1.165, 1.54) is 48.4 Å². The maximum atomic E-state index is 12.0. The van der Waals surface area contributed by atoms with E-state index in [-0.39, 0.29) is 0 Å². The van der Waals surface area contributed by atoms with Gasteiger partial charge >= 0.3 is 0 Å². The summed E-state index contributed by atoms with van der Waals surface area (Å²) in [6, 6.07) is 4.68. The fraction of sp³-hybridized carbons (Fsp3) is 0.562. The Morgan fingerprint density at radius 1 is 0.842 bits per heavy atom. The van der Waals surface area contributed by atoms with Crippen molar-refractivity contribution >= 4 is 17.3 Å². The summed E-state index contributed by atoms with van der Waals surface area (Å²) in [5.74, 6) is 0.322. The van der Waals surface area contributed by atoms with Crippen LogP contribution < -0.4 is 9.80 Å². The molecule has 1 amide bonds. The average molecular weight is 256 g/mol. The molecule has 0 unspecified atom stereocenters. The normalized spacial score (nSPS) is 21.8. The summed E-state index contributed by atoms with van der Waals surface area (Å²) >= 11 is 0. The maximum absolute atomic E-state index is 12.0. The van der Waals surface area contributed by atoms with Gasteiger partial charge in [0.2, 0.25) is 5.91 Å². The van der Waals surface area contributed by atoms with Crippen LogP contribution in [0.2, 0.25) is 0 Å². The van der Waals surface area contributed by atoms with Crippen LogP contribution in [-0.4, -0.2) is 25.5 Å². The molecule has 3 heteroatoms. The number of hydrogen-bond acceptors (Lipinski definition) is 2. The molecule has 1 fully saturated rings. The highest BCUT2D eigenvalue weighted by molar-refractivity contribution is 5.98. The minimum Gasteiger partial charge on any atom is -0.372 e. The Balaban J connectivity index is 1.81. The van der Waals surface area contributed by atoms with Gasteiger partial charge in [-0.1, -0.05) is 0 Å². The van der Waals surface area contributed by atoms with Gasteiger partial charge in [-0.15, -0.1) is 0 Å². The lowest BCUT2D eigenvalue weighted by molar-refractivity contribution is -0.119. The molecule has 0 aromatic heterocycles. The molecule has 0 N–H and O–H groups in total. The summed E-state index contributed by atoms with van der Waals surface area (Å²) in [7, 11) is 0. The van der Waals surface area contributed by atoms with Gasteiger partial charge in [0.1, 0.15) is 0 Å². The van der Waals surface area contributed by atoms with E-state index in [2.05, 4.69) is 17.0 Å². The highest BCUT2D eigenvalue weighted by atomic mass is 16.2. The van der Waals surface area contributed by atoms with Crippen LogP contribution in [0.4, 0.5) is 11.4 Å². The van der Waals surface area contributed by atoms with Crippen molar-refractivity contribution in [2.45, 2.75) is 38.5 Å². The summed E-state index contributed by atoms with van der Waals surface area (Å²) < 4.78 is 0. The number of hydrogen-bond donors (Lipinski definition) is 0. The van der Waals surface area contributed by atoms with Crippen LogP contribution in [-0.2, 0) is 17.6 Å². The zero-order valence-electron chi connectivity index (χ0n) is 11.3. The van der Waals surface area contributed by atoms with Crippen LogP contribution in [0.25, 0.3) is 0 Å². The minimum atomic E-state index is 0.322. The van der Waals surface area contributed by atoms with Gasteiger partial charge in [-0.05, 0) is 55.4 Å². The first-order valence-electron chi connectivity index (χ1n) is 7.54. The fourth-order valence-electron chi connectivity index (χ4n) is 3.79. The third-order valence-corrected chi connectivity index (χ3v) is 4.73. The number of benzene rings is 1. The van der Waals surface area contributed by atoms with E-state index in [1.807, 2.05) is 4.90 Å². The first kappa shape index (κ1) is 11.3. The smallest absolute Gasteiger partial charge is 0.227 e. The number of rotatable bonds is 1. The Labute approximate surface area is 114 Å². The van der Waals surface area contributed by atoms with E-state index < -0.39 is 0 Å². The van der Waals surface area contributed by atoms with E-state index in [4.69, 9.17) is 0 Å². The van der Waals surface area contributed by atoms with Crippen molar-refractivity contribution in [3.63, 3.8) is 0 Å². The SMILES string of the molecule is O=C1CCc2cc(N3CCCC3)cc3c2N1CCC3. The van der Waals surface area contributed by atoms with Gasteiger partial charge in [0, 0.05) is 31.7 Å². The zero-order valence-corrected chi connectivity index (χ0v) is 11.3. The van der Waals surface area contributed by atoms with Gasteiger partial charge in [-0.25, -0.2) is 0 Å². The van der Waals surface area contributed by atoms with Crippen molar-refractivity contribution < 1.29 is 4.79 Å². The molecule has 4 rings (SSSR count). The monoisotopic (exact) mass is 256 g/mol. The van der Waals surface area contributed by atoms with Crippen LogP contribution in [0.1, 0.15) is 36.8 Å². The standard InChI is InChI=1S/C16H20N2O/c19-15-6-5-13-11-14(17-7-1-2-8-17)10-12-4-3-9-18(15)16(12)13/h10-11H,1-9H2. The Morgan fingerprint density at radius 2 is 1.58 bits per heavy atom. The summed E-state index contributed by atoms with van der Waals surface area (Å²) in [4.78, 5) is 16.6. The molecule has 3 nitrogen and oxygen atoms in total. The first-order valence-corrected chi connectivity index (χ1v) is 7.54. The molecule has 19 heavy (non-hydrogen) atoms. The molecule has 0 saturated carbocycles. The van der Waals surface area contributed by atoms with Crippen LogP contribution in [0, 0.1) is 0 Å². The summed E-state index contributed by atoms with van der Waals surface area (Å²) in [5.41, 5.74) is 5.45. The van der Waals surface area contributed by atoms with E-state index in [1.54, 1.807) is 0 Å². The number of amides is 1. The van der Waals surface area contributed by atoms with Gasteiger partial charge in [0.25, 0.3) is 0 Å². The van der Waals surface area contributed by atoms with Gasteiger partial charge in [-0.3, -0.25) is 4.79 Å². The molecule has 0 atom stereocenters. The van der Waals surface area contributed by atoms with E-state index in [9.17, 15) is 4.79 Å². The van der Waals surface area contributed by atoms with Gasteiger partial charge in [-0.2, -0.15) is 0 Å². The summed E-state index contributed by atoms with van der Waals surface area (Å²) in [6.07, 6.45) is 6.50. The number of carbonyl (C=O) groups excluding carboxylic acids is 1. The van der Waals surface area contributed by atoms with Crippen molar-refractivity contribution in [3.8, 4) is 0 Å². The molecule has 100 valence electrons. The second-order valence-corrected chi connectivity index (χ2v) is 5.96. The van der Waals surface area contributed by atoms with Crippen LogP contribution in [0.3, 0.4) is 0 Å². The lowest BCUT2D eigenvalue weighted by Gasteiger charge is -2.36. The molecule has 3 aliphatic heterocycles. The van der Waals surface area contributed by atoms with Crippen molar-refractivity contribution in [1.82, 2.24) is 0 Å². The molecule has 0 radical (unpaired) electrons. The van der Waals surface area contributed by atoms with Crippen LogP contribution >= 0.6 is 0 Å². The molecular formula is C16H20N2O. The lowest BCUT2D eigenvalue weighted by Crippen LogP contribution is -2.39. The van der Waals surface area contributed by atoms with E-state index in [0.29, 0.717) is 12.3 Å². The third kappa shape index (κ3) is 1.75. The Kier molecular flexibility index (Phi) is 2.54. The summed E-state index contributed by atoms with van der Waals surface area (Å²) in [5, 5.41) is 0. The highest BCUT2D eigenvalue weighted by Gasteiger charge is 2.30. The molecule has 1 saturated heterocycles. The molecule has 3 heterocycles. The largest absolute Gasteiger partial charge is 0.372 e. The van der Waals surface area contributed by atoms with Crippen molar-refractivity contribution in [3.05, 3.63) is 23.3 Å². The Morgan fingerprint density at radius 3 is 2.37 bits per heavy atom. The minimum absolute atomic E-state index is 0.322. The quantitative estimate of drug-likeness (QED) is 0.771. The molecule has 0 spiro atoms. The average Bonchev–Trinajstić information content (AvgIpc) is 2.97. The van der Waals surface area contributed by atoms with Crippen LogP contribution in [0.5, 0.6) is 0 Å². The molecule has 1 aromatic rings. The van der Waals surface area contributed by atoms with Crippen LogP contribution in [0.15, 0.2) is 12.1 Å². The van der Waals surface area contributed by atoms with Crippen molar-refractivity contribution in [2.75, 3.05) is 29.4 Å². The summed E-state index contributed by atoms with van der Waals surface area (Å²) in [6.45, 7) is 3.31. The number of carbonyl (C=O) groups is 1. The fourth-order valence-corrected chi connectivity index (χ4v) is 3.79. The second-order valence-electron chi connectivity index (χ2n) is 5.96. The highest BCUT2D eigenvalue weighted by Crippen LogP contribution is 2.39. The number of aryl methyl sites for hydroxylation is 2. The van der Waals surface area contributed by atoms with E-state index in [0.717, 1.165) is 25.8 Å². The molecule has 0 aliphatic carbocycles. The van der Waals surface area contributed by atoms with Crippen molar-refractivity contribution in [2.24, 2.45) is 0 Å². The van der Waals surface area contributed by atoms with Gasteiger partial charge in [0.05, 0.1) is 5.69 Å². The predicted molar refractivity (Wildman–Crippen MR) is 76.9 cm³/mol. The topological polar surface area (TPSA) is 23.6 Å². The maximum Gasteiger partial charge on any atom is 0.227 e. The zero-order chi connectivity index (χ0) is 12.8. The number of nitrogens with zero attached hydrogens (tertiary/aromatic N) is 2. The lowest BCUT2D eigenvalue weighted by atomic mass is 9.91. The Hall–Kier alpha value is -1.51. The van der Waals surface area contributed by atoms with Gasteiger partial charge < -0.3 is 9.80 Å². The Bertz CT molecular complexity index is 515. The first-order chi connectivity index (χ1) is 9.33. The predicted octanol–water partition coefficient (Wildman–Crippen LogP) is 2.51. The molecule has 0 bridgehead atoms. The molecule has 3 aliphatic rings. The molecule has 1 aromatic carbocycles. The molecular weight excluding hydrogens is 236 g/mol.